The number of carbonyl (C=O) groups is 3. The average molecular weight is 1220 g/mol. The number of piperazine rings is 1. The molecule has 4 heterocycles. The lowest BCUT2D eigenvalue weighted by Gasteiger charge is -2.42. The van der Waals surface area contributed by atoms with E-state index in [0.29, 0.717) is 90.7 Å². The minimum absolute atomic E-state index is 0.0419. The first-order valence-corrected chi connectivity index (χ1v) is 29.7. The number of fused-ring (bicyclic) bond motifs is 1. The average Bonchev–Trinajstić information content (AvgIpc) is 1.81. The smallest absolute Gasteiger partial charge is 0.345 e. The van der Waals surface area contributed by atoms with Crippen LogP contribution in [0.25, 0.3) is 43.2 Å². The fourth-order valence-corrected chi connectivity index (χ4v) is 11.9. The van der Waals surface area contributed by atoms with Crippen LogP contribution in [0.15, 0.2) is 122 Å². The molecule has 0 radical (unpaired) electrons. The number of nitrogens with one attached hydrogen (secondary N) is 3. The fraction of sp³-hybridized carbons (Fsp3) is 0.318. The topological polar surface area (TPSA) is 208 Å². The molecule has 0 aliphatic carbocycles. The van der Waals surface area contributed by atoms with E-state index in [1.165, 1.54) is 29.8 Å². The van der Waals surface area contributed by atoms with Crippen molar-refractivity contribution in [3.8, 4) is 68.4 Å². The summed E-state index contributed by atoms with van der Waals surface area (Å²) in [4.78, 5) is 60.7. The van der Waals surface area contributed by atoms with Gasteiger partial charge in [-0.25, -0.2) is 29.1 Å². The second-order valence-corrected chi connectivity index (χ2v) is 23.1. The molecule has 1 aliphatic rings. The highest BCUT2D eigenvalue weighted by Gasteiger charge is 2.32. The predicted molar refractivity (Wildman–Crippen MR) is 334 cm³/mol. The summed E-state index contributed by atoms with van der Waals surface area (Å²) in [5, 5.41) is 20.2. The number of anilines is 1. The fourth-order valence-electron chi connectivity index (χ4n) is 10.5. The van der Waals surface area contributed by atoms with Gasteiger partial charge in [-0.3, -0.25) is 14.5 Å². The van der Waals surface area contributed by atoms with Crippen molar-refractivity contribution in [1.29, 1.82) is 0 Å². The van der Waals surface area contributed by atoms with Crippen LogP contribution in [0.4, 0.5) is 10.1 Å². The van der Waals surface area contributed by atoms with Gasteiger partial charge in [0.2, 0.25) is 23.8 Å². The Kier molecular flexibility index (Phi) is 21.2. The zero-order valence-corrected chi connectivity index (χ0v) is 51.0. The highest BCUT2D eigenvalue weighted by Crippen LogP contribution is 2.49. The van der Waals surface area contributed by atoms with E-state index in [4.69, 9.17) is 46.7 Å². The number of halogens is 2. The van der Waals surface area contributed by atoms with Crippen LogP contribution in [0.1, 0.15) is 41.8 Å². The Morgan fingerprint density at radius 1 is 0.885 bits per heavy atom. The number of carbonyl (C=O) groups excluding carboxylic acids is 2. The first-order valence-electron chi connectivity index (χ1n) is 28.5. The van der Waals surface area contributed by atoms with Gasteiger partial charge in [-0.15, -0.1) is 17.8 Å². The predicted octanol–water partition coefficient (Wildman–Crippen LogP) is 10.0. The summed E-state index contributed by atoms with van der Waals surface area (Å²) in [7, 11) is 5.54. The summed E-state index contributed by atoms with van der Waals surface area (Å²) in [5.74, 6) is 2.46. The molecule has 4 N–H and O–H groups in total. The molecule has 2 atom stereocenters. The molecule has 0 saturated carbocycles. The highest BCUT2D eigenvalue weighted by atomic mass is 35.5. The number of thiophene rings is 1. The van der Waals surface area contributed by atoms with Crippen molar-refractivity contribution >= 4 is 56.6 Å². The van der Waals surface area contributed by atoms with Gasteiger partial charge in [-0.05, 0) is 102 Å². The molecular formula is C66H70ClFN9O9S+. The molecule has 2 amide bonds. The van der Waals surface area contributed by atoms with E-state index in [-0.39, 0.29) is 56.4 Å². The number of terminal acetylenes is 1. The van der Waals surface area contributed by atoms with Crippen LogP contribution in [0, 0.1) is 31.0 Å². The minimum Gasteiger partial charge on any atom is -0.496 e. The quantitative estimate of drug-likeness (QED) is 0.0215. The third kappa shape index (κ3) is 15.7. The van der Waals surface area contributed by atoms with Crippen molar-refractivity contribution in [1.82, 2.24) is 35.5 Å². The zero-order chi connectivity index (χ0) is 61.6. The van der Waals surface area contributed by atoms with E-state index >= 15 is 0 Å². The van der Waals surface area contributed by atoms with Crippen molar-refractivity contribution in [2.45, 2.75) is 59.1 Å². The molecule has 18 nitrogen and oxygen atoms in total. The number of benzene rings is 5. The van der Waals surface area contributed by atoms with Crippen LogP contribution in [-0.2, 0) is 45.3 Å². The number of methoxy groups -OCH3 is 1. The maximum atomic E-state index is 14.4. The Bertz CT molecular complexity index is 3780. The molecular weight excluding hydrogens is 1150 g/mol. The van der Waals surface area contributed by atoms with E-state index in [0.717, 1.165) is 58.8 Å². The van der Waals surface area contributed by atoms with E-state index < -0.39 is 23.9 Å². The number of para-hydroxylation sites is 2. The van der Waals surface area contributed by atoms with Crippen LogP contribution in [0.5, 0.6) is 23.1 Å². The van der Waals surface area contributed by atoms with Crippen molar-refractivity contribution in [2.75, 3.05) is 79.0 Å². The lowest BCUT2D eigenvalue weighted by Crippen LogP contribution is -2.57. The number of carboxylic acids is 1. The number of hydrogen-bond acceptors (Lipinski definition) is 15. The molecule has 9 rings (SSSR count). The first kappa shape index (κ1) is 63.0. The number of aliphatic carboxylic acids is 1. The number of nitrogens with zero attached hydrogens (tertiary/aromatic N) is 6. The van der Waals surface area contributed by atoms with Gasteiger partial charge >= 0.3 is 5.97 Å². The zero-order valence-electron chi connectivity index (χ0n) is 49.4. The number of aromatic nitrogens is 4. The molecule has 2 unspecified atom stereocenters. The van der Waals surface area contributed by atoms with Crippen molar-refractivity contribution < 1.29 is 52.0 Å². The van der Waals surface area contributed by atoms with Crippen molar-refractivity contribution in [3.63, 3.8) is 0 Å². The summed E-state index contributed by atoms with van der Waals surface area (Å²) in [6.45, 7) is 11.2. The van der Waals surface area contributed by atoms with E-state index in [1.54, 1.807) is 62.8 Å². The maximum absolute atomic E-state index is 14.4. The largest absolute Gasteiger partial charge is 0.496 e. The molecule has 5 aromatic carbocycles. The Labute approximate surface area is 514 Å². The van der Waals surface area contributed by atoms with Gasteiger partial charge in [0.1, 0.15) is 60.6 Å². The third-order valence-electron chi connectivity index (χ3n) is 15.3. The van der Waals surface area contributed by atoms with Crippen LogP contribution in [0.3, 0.4) is 0 Å². The number of ether oxygens (including phenoxy) is 5. The molecule has 21 heteroatoms. The highest BCUT2D eigenvalue weighted by molar-refractivity contribution is 7.22. The molecule has 1 aliphatic heterocycles. The SMILES string of the molecule is C#CCOCc1cc(NC(=O)CNC(=O)C(NC)C(C)C)ccc1C[N+]1(C)CCN(CCOc2ccc(-c3c(-c4ccc(F)cc4)sc4ncnc(OC(Cc5ccccc5OCc5ccnc(-c6ccccc6OC)n5)C(=O)O)c34)c(C)c2Cl)CC1. The first-order chi connectivity index (χ1) is 42.0. The van der Waals surface area contributed by atoms with Gasteiger partial charge in [0.25, 0.3) is 0 Å². The lowest BCUT2D eigenvalue weighted by molar-refractivity contribution is -0.926. The maximum Gasteiger partial charge on any atom is 0.345 e. The molecule has 8 aromatic rings. The van der Waals surface area contributed by atoms with Crippen LogP contribution in [-0.4, -0.2) is 138 Å². The minimum atomic E-state index is -1.42. The van der Waals surface area contributed by atoms with Gasteiger partial charge in [-0.1, -0.05) is 86.0 Å². The van der Waals surface area contributed by atoms with Crippen LogP contribution < -0.4 is 34.9 Å². The summed E-state index contributed by atoms with van der Waals surface area (Å²) < 4.78 is 45.7. The van der Waals surface area contributed by atoms with E-state index in [2.05, 4.69) is 48.8 Å². The molecule has 1 fully saturated rings. The number of carboxylic acid groups (broad SMARTS) is 1. The molecule has 1 saturated heterocycles. The van der Waals surface area contributed by atoms with Gasteiger partial charge in [0.15, 0.2) is 5.82 Å². The molecule has 0 spiro atoms. The number of rotatable bonds is 27. The van der Waals surface area contributed by atoms with E-state index in [1.807, 2.05) is 75.4 Å². The van der Waals surface area contributed by atoms with Crippen molar-refractivity contribution in [3.05, 3.63) is 161 Å². The van der Waals surface area contributed by atoms with E-state index in [9.17, 15) is 23.9 Å². The standard InChI is InChI=1S/C66H69ClFN9O9S/c1-8-32-83-38-46-34-48(74-56(78)36-71-63(79)60(69-5)41(2)3)22-19-45(46)37-77(6)30-27-76(28-31-77)29-33-84-54-24-23-50(42(4)59(54)67)57-58-64(72-40-73-65(58)87-61(57)43-17-20-47(68)21-18-43)86-55(66(80)81)35-44-13-9-11-15-52(44)85-39-49-25-26-70-62(75-49)51-14-10-12-16-53(51)82-7/h1,9-26,34,40-41,55,60,69H,27-33,35-39H2,2-7H3,(H2-,71,74,78,79,80,81)/p+1. The molecule has 0 bridgehead atoms. The lowest BCUT2D eigenvalue weighted by atomic mass is 9.96. The molecule has 87 heavy (non-hydrogen) atoms. The number of hydrogen-bond donors (Lipinski definition) is 4. The Balaban J connectivity index is 0.872. The summed E-state index contributed by atoms with van der Waals surface area (Å²) in [5.41, 5.74) is 7.22. The Morgan fingerprint density at radius 3 is 2.38 bits per heavy atom. The third-order valence-corrected chi connectivity index (χ3v) is 16.9. The monoisotopic (exact) mass is 1220 g/mol. The Hall–Kier alpha value is -8.55. The molecule has 3 aromatic heterocycles. The van der Waals surface area contributed by atoms with Crippen molar-refractivity contribution in [2.24, 2.45) is 5.92 Å². The second-order valence-electron chi connectivity index (χ2n) is 21.7. The van der Waals surface area contributed by atoms with Gasteiger partial charge < -0.3 is 49.2 Å². The van der Waals surface area contributed by atoms with Gasteiger partial charge in [0.05, 0.1) is 68.1 Å². The second kappa shape index (κ2) is 29.2. The number of quaternary nitrogens is 1. The van der Waals surface area contributed by atoms with Crippen LogP contribution in [0.2, 0.25) is 5.02 Å². The normalized spacial score (nSPS) is 13.8. The van der Waals surface area contributed by atoms with Gasteiger partial charge in [0, 0.05) is 53.9 Å². The Morgan fingerprint density at radius 2 is 1.64 bits per heavy atom. The number of amides is 2. The molecule has 452 valence electrons. The number of likely N-dealkylation sites (N-methyl/N-ethyl adjacent to an activating group) is 2. The summed E-state index contributed by atoms with van der Waals surface area (Å²) in [6, 6.07) is 31.6. The summed E-state index contributed by atoms with van der Waals surface area (Å²) >= 11 is 8.58. The van der Waals surface area contributed by atoms with Crippen LogP contribution >= 0.6 is 22.9 Å². The summed E-state index contributed by atoms with van der Waals surface area (Å²) in [6.07, 6.45) is 6.98. The van der Waals surface area contributed by atoms with Gasteiger partial charge in [-0.2, -0.15) is 0 Å².